The molecule has 8 heteroatoms. The van der Waals surface area contributed by atoms with Crippen LogP contribution in [0, 0.1) is 6.92 Å². The summed E-state index contributed by atoms with van der Waals surface area (Å²) in [7, 11) is 0. The standard InChI is InChI=1S/C28H32N4O4/c1-16(2)35-23-13-12-20(14-18(23)5)25-22(15-32(31-25)21-10-8-7-9-11-21)26-24(27(33)36-17(3)4)19(6)29-28(34)30-26/h7-17,26H,1-6H3,(H2,29,30,34)/t26-/m1/s1. The molecule has 0 aliphatic carbocycles. The minimum Gasteiger partial charge on any atom is -0.491 e. The molecule has 8 nitrogen and oxygen atoms in total. The lowest BCUT2D eigenvalue weighted by molar-refractivity contribution is -0.143. The fourth-order valence-corrected chi connectivity index (χ4v) is 4.19. The Bertz CT molecular complexity index is 1310. The van der Waals surface area contributed by atoms with E-state index in [1.54, 1.807) is 25.5 Å². The Morgan fingerprint density at radius 3 is 2.39 bits per heavy atom. The lowest BCUT2D eigenvalue weighted by Crippen LogP contribution is -2.45. The van der Waals surface area contributed by atoms with Crippen LogP contribution in [0.15, 0.2) is 66.0 Å². The van der Waals surface area contributed by atoms with Gasteiger partial charge in [0.1, 0.15) is 5.75 Å². The first-order valence-corrected chi connectivity index (χ1v) is 12.1. The van der Waals surface area contributed by atoms with Gasteiger partial charge in [0.05, 0.1) is 35.2 Å². The van der Waals surface area contributed by atoms with Crippen molar-refractivity contribution in [3.05, 3.63) is 77.1 Å². The third-order valence-corrected chi connectivity index (χ3v) is 5.72. The molecule has 36 heavy (non-hydrogen) atoms. The molecule has 0 saturated heterocycles. The number of amides is 2. The van der Waals surface area contributed by atoms with Crippen molar-refractivity contribution in [1.29, 1.82) is 0 Å². The highest BCUT2D eigenvalue weighted by atomic mass is 16.5. The second-order valence-electron chi connectivity index (χ2n) is 9.38. The van der Waals surface area contributed by atoms with Crippen molar-refractivity contribution in [2.45, 2.75) is 59.8 Å². The average molecular weight is 489 g/mol. The maximum atomic E-state index is 13.1. The molecule has 1 aliphatic rings. The Morgan fingerprint density at radius 2 is 1.75 bits per heavy atom. The van der Waals surface area contributed by atoms with E-state index in [2.05, 4.69) is 10.6 Å². The molecule has 0 radical (unpaired) electrons. The number of aromatic nitrogens is 2. The van der Waals surface area contributed by atoms with E-state index < -0.39 is 18.0 Å². The number of urea groups is 1. The van der Waals surface area contributed by atoms with Crippen LogP contribution >= 0.6 is 0 Å². The number of carbonyl (C=O) groups is 2. The molecule has 1 atom stereocenters. The van der Waals surface area contributed by atoms with E-state index in [0.717, 1.165) is 22.6 Å². The number of hydrogen-bond acceptors (Lipinski definition) is 5. The minimum absolute atomic E-state index is 0.0509. The van der Waals surface area contributed by atoms with Gasteiger partial charge >= 0.3 is 12.0 Å². The van der Waals surface area contributed by atoms with E-state index in [0.29, 0.717) is 22.5 Å². The molecule has 2 aromatic carbocycles. The molecule has 2 amide bonds. The van der Waals surface area contributed by atoms with Gasteiger partial charge in [0, 0.05) is 23.0 Å². The predicted octanol–water partition coefficient (Wildman–Crippen LogP) is 5.21. The van der Waals surface area contributed by atoms with Crippen LogP contribution in [0.2, 0.25) is 0 Å². The zero-order valence-electron chi connectivity index (χ0n) is 21.5. The van der Waals surface area contributed by atoms with Crippen molar-refractivity contribution in [3.63, 3.8) is 0 Å². The summed E-state index contributed by atoms with van der Waals surface area (Å²) in [5, 5.41) is 10.5. The largest absolute Gasteiger partial charge is 0.491 e. The molecule has 0 spiro atoms. The SMILES string of the molecule is CC1=C(C(=O)OC(C)C)[C@@H](c2cn(-c3ccccc3)nc2-c2ccc(OC(C)C)c(C)c2)NC(=O)N1. The lowest BCUT2D eigenvalue weighted by atomic mass is 9.93. The number of nitrogens with zero attached hydrogens (tertiary/aromatic N) is 2. The summed E-state index contributed by atoms with van der Waals surface area (Å²) in [6.45, 7) is 11.2. The Morgan fingerprint density at radius 1 is 1.03 bits per heavy atom. The zero-order chi connectivity index (χ0) is 26.0. The van der Waals surface area contributed by atoms with Crippen LogP contribution in [-0.2, 0) is 9.53 Å². The first-order valence-electron chi connectivity index (χ1n) is 12.1. The number of nitrogens with one attached hydrogen (secondary N) is 2. The van der Waals surface area contributed by atoms with Crippen LogP contribution in [0.3, 0.4) is 0 Å². The fraction of sp³-hybridized carbons (Fsp3) is 0.321. The molecular formula is C28H32N4O4. The van der Waals surface area contributed by atoms with Crippen LogP contribution in [0.5, 0.6) is 5.75 Å². The Kier molecular flexibility index (Phi) is 7.15. The van der Waals surface area contributed by atoms with Gasteiger partial charge in [0.25, 0.3) is 0 Å². The molecule has 188 valence electrons. The van der Waals surface area contributed by atoms with Crippen LogP contribution in [0.25, 0.3) is 16.9 Å². The molecule has 0 fully saturated rings. The smallest absolute Gasteiger partial charge is 0.338 e. The molecule has 3 aromatic rings. The average Bonchev–Trinajstić information content (AvgIpc) is 3.25. The quantitative estimate of drug-likeness (QED) is 0.445. The molecule has 2 N–H and O–H groups in total. The summed E-state index contributed by atoms with van der Waals surface area (Å²) in [4.78, 5) is 25.6. The number of esters is 1. The van der Waals surface area contributed by atoms with Gasteiger partial charge in [-0.1, -0.05) is 18.2 Å². The van der Waals surface area contributed by atoms with E-state index in [1.807, 2.05) is 75.5 Å². The van der Waals surface area contributed by atoms with Gasteiger partial charge in [-0.05, 0) is 77.4 Å². The number of hydrogen-bond donors (Lipinski definition) is 2. The molecule has 4 rings (SSSR count). The molecule has 1 aromatic heterocycles. The van der Waals surface area contributed by atoms with E-state index in [-0.39, 0.29) is 12.2 Å². The van der Waals surface area contributed by atoms with Gasteiger partial charge in [0.15, 0.2) is 0 Å². The second-order valence-corrected chi connectivity index (χ2v) is 9.38. The van der Waals surface area contributed by atoms with Gasteiger partial charge in [-0.2, -0.15) is 5.10 Å². The summed E-state index contributed by atoms with van der Waals surface area (Å²) in [6, 6.07) is 14.4. The summed E-state index contributed by atoms with van der Waals surface area (Å²) in [5.41, 5.74) is 4.78. The lowest BCUT2D eigenvalue weighted by Gasteiger charge is -2.28. The van der Waals surface area contributed by atoms with Crippen molar-refractivity contribution in [2.75, 3.05) is 0 Å². The highest BCUT2D eigenvalue weighted by Crippen LogP contribution is 2.36. The highest BCUT2D eigenvalue weighted by molar-refractivity contribution is 5.95. The Hall–Kier alpha value is -4.07. The molecular weight excluding hydrogens is 456 g/mol. The van der Waals surface area contributed by atoms with Crippen LogP contribution in [0.1, 0.15) is 51.8 Å². The number of benzene rings is 2. The number of aryl methyl sites for hydroxylation is 1. The number of carbonyl (C=O) groups excluding carboxylic acids is 2. The van der Waals surface area contributed by atoms with Gasteiger partial charge in [0.2, 0.25) is 0 Å². The second kappa shape index (κ2) is 10.3. The van der Waals surface area contributed by atoms with E-state index in [4.69, 9.17) is 14.6 Å². The maximum absolute atomic E-state index is 13.1. The van der Waals surface area contributed by atoms with Crippen LogP contribution in [0.4, 0.5) is 4.79 Å². The van der Waals surface area contributed by atoms with Gasteiger partial charge in [-0.15, -0.1) is 0 Å². The Balaban J connectivity index is 1.88. The van der Waals surface area contributed by atoms with Crippen molar-refractivity contribution in [2.24, 2.45) is 0 Å². The van der Waals surface area contributed by atoms with Crippen molar-refractivity contribution >= 4 is 12.0 Å². The molecule has 0 saturated carbocycles. The fourth-order valence-electron chi connectivity index (χ4n) is 4.19. The molecule has 0 unspecified atom stereocenters. The topological polar surface area (TPSA) is 94.5 Å². The Labute approximate surface area is 211 Å². The minimum atomic E-state index is -0.746. The summed E-state index contributed by atoms with van der Waals surface area (Å²) >= 11 is 0. The maximum Gasteiger partial charge on any atom is 0.338 e. The first-order chi connectivity index (χ1) is 17.1. The molecule has 2 heterocycles. The van der Waals surface area contributed by atoms with Gasteiger partial charge < -0.3 is 20.1 Å². The molecule has 1 aliphatic heterocycles. The highest BCUT2D eigenvalue weighted by Gasteiger charge is 2.35. The van der Waals surface area contributed by atoms with Crippen LogP contribution < -0.4 is 15.4 Å². The third kappa shape index (κ3) is 5.27. The third-order valence-electron chi connectivity index (χ3n) is 5.72. The zero-order valence-corrected chi connectivity index (χ0v) is 21.5. The monoisotopic (exact) mass is 488 g/mol. The van der Waals surface area contributed by atoms with E-state index in [9.17, 15) is 9.59 Å². The predicted molar refractivity (Wildman–Crippen MR) is 138 cm³/mol. The van der Waals surface area contributed by atoms with Crippen molar-refractivity contribution in [3.8, 4) is 22.7 Å². The number of ether oxygens (including phenoxy) is 2. The van der Waals surface area contributed by atoms with Crippen molar-refractivity contribution < 1.29 is 19.1 Å². The van der Waals surface area contributed by atoms with E-state index in [1.165, 1.54) is 0 Å². The number of rotatable bonds is 7. The first kappa shape index (κ1) is 25.0. The molecule has 0 bridgehead atoms. The number of para-hydroxylation sites is 1. The normalized spacial score (nSPS) is 15.7. The summed E-state index contributed by atoms with van der Waals surface area (Å²) < 4.78 is 13.2. The van der Waals surface area contributed by atoms with E-state index >= 15 is 0 Å². The van der Waals surface area contributed by atoms with Gasteiger partial charge in [-0.25, -0.2) is 14.3 Å². The van der Waals surface area contributed by atoms with Crippen LogP contribution in [-0.4, -0.2) is 34.0 Å². The summed E-state index contributed by atoms with van der Waals surface area (Å²) in [5.74, 6) is 0.306. The number of allylic oxidation sites excluding steroid dienone is 1. The van der Waals surface area contributed by atoms with Crippen molar-refractivity contribution in [1.82, 2.24) is 20.4 Å². The van der Waals surface area contributed by atoms with Gasteiger partial charge in [-0.3, -0.25) is 0 Å². The summed E-state index contributed by atoms with van der Waals surface area (Å²) in [6.07, 6.45) is 1.60.